The molecular weight excluding hydrogens is 550 g/mol. The minimum atomic E-state index is -4.47. The lowest BCUT2D eigenvalue weighted by Crippen LogP contribution is -2.49. The zero-order valence-corrected chi connectivity index (χ0v) is 24.8. The van der Waals surface area contributed by atoms with Crippen LogP contribution in [0.15, 0.2) is 106 Å². The van der Waals surface area contributed by atoms with Gasteiger partial charge in [-0.05, 0) is 79.3 Å². The molecule has 0 saturated carbocycles. The molecule has 2 atom stereocenters. The highest BCUT2D eigenvalue weighted by Crippen LogP contribution is 2.41. The van der Waals surface area contributed by atoms with Gasteiger partial charge in [0.15, 0.2) is 0 Å². The standard InChI is InChI=1S/C34H33NO6S/c1-22-20-31(40-4)23(2)24(3)33(22)42(38,39)35(28(34(36)37)21-25-12-7-5-8-13-25)32(27-14-9-6-10-15-27)30-19-18-26-16-11-17-29(26)41-30/h5-20,28,32H,21H2,1-4H3,(H,36,37). The summed E-state index contributed by atoms with van der Waals surface area (Å²) in [4.78, 5) is 13.2. The molecule has 42 heavy (non-hydrogen) atoms. The number of carboxylic acids is 1. The van der Waals surface area contributed by atoms with E-state index in [4.69, 9.17) is 9.15 Å². The number of methoxy groups -OCH3 is 1. The number of ether oxygens (including phenoxy) is 1. The van der Waals surface area contributed by atoms with Crippen molar-refractivity contribution in [1.29, 1.82) is 0 Å². The van der Waals surface area contributed by atoms with Crippen LogP contribution in [0, 0.1) is 20.8 Å². The minimum absolute atomic E-state index is 0.0510. The zero-order chi connectivity index (χ0) is 30.0. The summed E-state index contributed by atoms with van der Waals surface area (Å²) in [6.07, 6.45) is -0.0510. The van der Waals surface area contributed by atoms with E-state index in [0.717, 1.165) is 9.87 Å². The molecule has 1 heterocycles. The molecule has 0 aromatic heterocycles. The highest BCUT2D eigenvalue weighted by atomic mass is 32.2. The van der Waals surface area contributed by atoms with Gasteiger partial charge in [0.1, 0.15) is 29.4 Å². The summed E-state index contributed by atoms with van der Waals surface area (Å²) in [5.41, 5.74) is 3.75. The van der Waals surface area contributed by atoms with Gasteiger partial charge in [0.05, 0.1) is 12.0 Å². The van der Waals surface area contributed by atoms with Gasteiger partial charge in [-0.2, -0.15) is 4.31 Å². The lowest BCUT2D eigenvalue weighted by atomic mass is 9.99. The number of rotatable bonds is 10. The number of aliphatic carboxylic acids is 1. The minimum Gasteiger partial charge on any atom is -0.496 e. The monoisotopic (exact) mass is 583 g/mol. The number of hydrogen-bond acceptors (Lipinski definition) is 5. The van der Waals surface area contributed by atoms with Crippen LogP contribution in [-0.2, 0) is 21.2 Å². The molecule has 7 nitrogen and oxygen atoms in total. The smallest absolute Gasteiger partial charge is 0.322 e. The first kappa shape index (κ1) is 29.1. The van der Waals surface area contributed by atoms with E-state index >= 15 is 8.42 Å². The number of aryl methyl sites for hydroxylation is 1. The summed E-state index contributed by atoms with van der Waals surface area (Å²) in [7, 11) is -2.94. The lowest BCUT2D eigenvalue weighted by molar-refractivity contribution is -0.142. The summed E-state index contributed by atoms with van der Waals surface area (Å²) in [6, 6.07) is 26.3. The van der Waals surface area contributed by atoms with E-state index < -0.39 is 28.1 Å². The quantitative estimate of drug-likeness (QED) is 0.194. The molecule has 3 aromatic carbocycles. The third-order valence-electron chi connectivity index (χ3n) is 7.70. The Balaban J connectivity index is 1.82. The number of nitrogens with zero attached hydrogens (tertiary/aromatic N) is 1. The first-order chi connectivity index (χ1) is 20.1. The molecule has 1 aliphatic carbocycles. The molecule has 0 bridgehead atoms. The molecule has 0 spiro atoms. The summed E-state index contributed by atoms with van der Waals surface area (Å²) in [6.45, 7) is 5.22. The molecule has 2 aliphatic rings. The number of fused-ring (bicyclic) bond motifs is 1. The molecule has 3 aromatic rings. The van der Waals surface area contributed by atoms with Crippen molar-refractivity contribution in [2.45, 2.75) is 44.2 Å². The van der Waals surface area contributed by atoms with Crippen molar-refractivity contribution in [2.75, 3.05) is 7.11 Å². The maximum Gasteiger partial charge on any atom is 0.322 e. The van der Waals surface area contributed by atoms with Crippen molar-refractivity contribution in [2.24, 2.45) is 0 Å². The Morgan fingerprint density at radius 2 is 1.55 bits per heavy atom. The molecule has 216 valence electrons. The molecule has 1 N–H and O–H groups in total. The molecule has 5 rings (SSSR count). The SMILES string of the molecule is COc1cc(C)c(S(=O)(=O)N(C(Cc2ccccc2)C(=O)O)C(c2ccccc2)c2ccc3cccc-3o2)c(C)c1C. The highest BCUT2D eigenvalue weighted by Gasteiger charge is 2.45. The Hall–Kier alpha value is -4.40. The van der Waals surface area contributed by atoms with Crippen LogP contribution >= 0.6 is 0 Å². The Bertz CT molecular complexity index is 1780. The first-order valence-electron chi connectivity index (χ1n) is 13.6. The summed E-state index contributed by atoms with van der Waals surface area (Å²) in [5, 5.41) is 10.7. The van der Waals surface area contributed by atoms with E-state index in [2.05, 4.69) is 0 Å². The van der Waals surface area contributed by atoms with Crippen LogP contribution < -0.4 is 4.74 Å². The average molecular weight is 584 g/mol. The van der Waals surface area contributed by atoms with Crippen molar-refractivity contribution < 1.29 is 27.5 Å². The van der Waals surface area contributed by atoms with E-state index in [1.165, 1.54) is 7.11 Å². The maximum absolute atomic E-state index is 15.0. The van der Waals surface area contributed by atoms with Crippen LogP contribution in [0.25, 0.3) is 11.3 Å². The third kappa shape index (κ3) is 5.43. The highest BCUT2D eigenvalue weighted by molar-refractivity contribution is 7.89. The largest absolute Gasteiger partial charge is 0.496 e. The Labute approximate surface area is 246 Å². The molecular formula is C34H33NO6S. The fraction of sp³-hybridized carbons (Fsp3) is 0.206. The Kier molecular flexibility index (Phi) is 8.20. The number of benzene rings is 3. The normalized spacial score (nSPS) is 13.3. The third-order valence-corrected chi connectivity index (χ3v) is 9.86. The van der Waals surface area contributed by atoms with Crippen LogP contribution in [-0.4, -0.2) is 37.0 Å². The molecule has 0 fully saturated rings. The van der Waals surface area contributed by atoms with Crippen molar-refractivity contribution in [3.8, 4) is 17.1 Å². The van der Waals surface area contributed by atoms with Crippen LogP contribution in [0.5, 0.6) is 5.75 Å². The average Bonchev–Trinajstić information content (AvgIpc) is 3.45. The van der Waals surface area contributed by atoms with Crippen molar-refractivity contribution >= 4 is 16.0 Å². The van der Waals surface area contributed by atoms with Crippen molar-refractivity contribution in [1.82, 2.24) is 4.31 Å². The zero-order valence-electron chi connectivity index (χ0n) is 23.9. The van der Waals surface area contributed by atoms with Gasteiger partial charge in [-0.1, -0.05) is 72.8 Å². The van der Waals surface area contributed by atoms with E-state index in [1.54, 1.807) is 75.4 Å². The van der Waals surface area contributed by atoms with Crippen molar-refractivity contribution in [3.05, 3.63) is 131 Å². The van der Waals surface area contributed by atoms with Gasteiger partial charge < -0.3 is 14.3 Å². The topological polar surface area (TPSA) is 97.1 Å². The summed E-state index contributed by atoms with van der Waals surface area (Å²) < 4.78 is 43.0. The lowest BCUT2D eigenvalue weighted by Gasteiger charge is -2.36. The van der Waals surface area contributed by atoms with Gasteiger partial charge in [-0.25, -0.2) is 8.42 Å². The van der Waals surface area contributed by atoms with Gasteiger partial charge >= 0.3 is 5.97 Å². The second-order valence-electron chi connectivity index (χ2n) is 10.3. The van der Waals surface area contributed by atoms with E-state index in [9.17, 15) is 9.90 Å². The molecule has 0 saturated heterocycles. The van der Waals surface area contributed by atoms with Gasteiger partial charge in [0, 0.05) is 5.56 Å². The fourth-order valence-electron chi connectivity index (χ4n) is 5.55. The number of carbonyl (C=O) groups is 1. The fourth-order valence-corrected chi connectivity index (χ4v) is 7.76. The van der Waals surface area contributed by atoms with Crippen LogP contribution in [0.4, 0.5) is 0 Å². The molecule has 0 radical (unpaired) electrons. The van der Waals surface area contributed by atoms with Crippen molar-refractivity contribution in [3.63, 3.8) is 0 Å². The molecule has 2 unspecified atom stereocenters. The van der Waals surface area contributed by atoms with Gasteiger partial charge in [-0.3, -0.25) is 4.79 Å². The summed E-state index contributed by atoms with van der Waals surface area (Å²) >= 11 is 0. The van der Waals surface area contributed by atoms with Gasteiger partial charge in [-0.15, -0.1) is 0 Å². The molecule has 1 aliphatic heterocycles. The van der Waals surface area contributed by atoms with E-state index in [-0.39, 0.29) is 11.3 Å². The van der Waals surface area contributed by atoms with E-state index in [1.807, 2.05) is 42.5 Å². The van der Waals surface area contributed by atoms with Crippen LogP contribution in [0.2, 0.25) is 0 Å². The van der Waals surface area contributed by atoms with E-state index in [0.29, 0.717) is 45.1 Å². The number of sulfonamides is 1. The molecule has 0 amide bonds. The van der Waals surface area contributed by atoms with Gasteiger partial charge in [0.2, 0.25) is 10.0 Å². The predicted octanol–water partition coefficient (Wildman–Crippen LogP) is 6.79. The first-order valence-corrected chi connectivity index (χ1v) is 15.1. The van der Waals surface area contributed by atoms with Crippen LogP contribution in [0.3, 0.4) is 0 Å². The Morgan fingerprint density at radius 3 is 2.19 bits per heavy atom. The maximum atomic E-state index is 15.0. The summed E-state index contributed by atoms with van der Waals surface area (Å²) in [5.74, 6) is 0.181. The Morgan fingerprint density at radius 1 is 0.881 bits per heavy atom. The van der Waals surface area contributed by atoms with Gasteiger partial charge in [0.25, 0.3) is 0 Å². The number of carboxylic acid groups (broad SMARTS) is 1. The number of hydrogen-bond donors (Lipinski definition) is 1. The second-order valence-corrected chi connectivity index (χ2v) is 12.1. The van der Waals surface area contributed by atoms with Crippen LogP contribution in [0.1, 0.15) is 39.6 Å². The second kappa shape index (κ2) is 11.8. The molecule has 8 heteroatoms. The predicted molar refractivity (Wildman–Crippen MR) is 161 cm³/mol.